The molecule has 70 valence electrons. The van der Waals surface area contributed by atoms with E-state index in [-0.39, 0.29) is 13.2 Å². The molecule has 0 bridgehead atoms. The Morgan fingerprint density at radius 3 is 2.25 bits per heavy atom. The van der Waals surface area contributed by atoms with Crippen molar-refractivity contribution < 1.29 is 10.2 Å². The second-order valence-electron chi connectivity index (χ2n) is 2.87. The predicted octanol–water partition coefficient (Wildman–Crippen LogP) is -0.593. The molecule has 0 aromatic rings. The summed E-state index contributed by atoms with van der Waals surface area (Å²) in [7, 11) is 0. The van der Waals surface area contributed by atoms with Crippen LogP contribution < -0.4 is 0 Å². The standard InChI is InChI=1S/C8H16N2O2/c11-6-1-2-9-3-4-10(8-9)5-7-12/h3-4,11-12H,1-2,5-8H2. The number of aliphatic hydroxyl groups excluding tert-OH is 2. The van der Waals surface area contributed by atoms with Crippen LogP contribution in [0.25, 0.3) is 0 Å². The van der Waals surface area contributed by atoms with Gasteiger partial charge in [0.15, 0.2) is 0 Å². The van der Waals surface area contributed by atoms with Gasteiger partial charge in [0.2, 0.25) is 0 Å². The van der Waals surface area contributed by atoms with E-state index >= 15 is 0 Å². The van der Waals surface area contributed by atoms with E-state index in [4.69, 9.17) is 10.2 Å². The van der Waals surface area contributed by atoms with E-state index < -0.39 is 0 Å². The third kappa shape index (κ3) is 2.71. The van der Waals surface area contributed by atoms with Crippen molar-refractivity contribution in [3.8, 4) is 0 Å². The first-order valence-electron chi connectivity index (χ1n) is 4.25. The maximum atomic E-state index is 8.65. The molecule has 2 N–H and O–H groups in total. The summed E-state index contributed by atoms with van der Waals surface area (Å²) in [6.45, 7) is 2.84. The average molecular weight is 172 g/mol. The largest absolute Gasteiger partial charge is 0.396 e. The van der Waals surface area contributed by atoms with Gasteiger partial charge < -0.3 is 20.0 Å². The summed E-state index contributed by atoms with van der Waals surface area (Å²) >= 11 is 0. The molecule has 0 atom stereocenters. The van der Waals surface area contributed by atoms with Gasteiger partial charge in [0.25, 0.3) is 0 Å². The molecular weight excluding hydrogens is 156 g/mol. The monoisotopic (exact) mass is 172 g/mol. The summed E-state index contributed by atoms with van der Waals surface area (Å²) in [5, 5.41) is 17.2. The van der Waals surface area contributed by atoms with Crippen LogP contribution in [-0.2, 0) is 0 Å². The molecule has 0 radical (unpaired) electrons. The van der Waals surface area contributed by atoms with Crippen molar-refractivity contribution in [3.05, 3.63) is 12.4 Å². The number of hydrogen-bond donors (Lipinski definition) is 2. The summed E-state index contributed by atoms with van der Waals surface area (Å²) in [5.74, 6) is 0. The van der Waals surface area contributed by atoms with Gasteiger partial charge in [-0.25, -0.2) is 0 Å². The Hall–Kier alpha value is -0.740. The van der Waals surface area contributed by atoms with Crippen LogP contribution in [0.1, 0.15) is 6.42 Å². The molecule has 0 unspecified atom stereocenters. The highest BCUT2D eigenvalue weighted by Gasteiger charge is 2.09. The van der Waals surface area contributed by atoms with E-state index in [1.54, 1.807) is 0 Å². The fourth-order valence-corrected chi connectivity index (χ4v) is 1.21. The summed E-state index contributed by atoms with van der Waals surface area (Å²) in [6.07, 6.45) is 4.76. The Labute approximate surface area is 72.7 Å². The van der Waals surface area contributed by atoms with Gasteiger partial charge in [-0.3, -0.25) is 0 Å². The van der Waals surface area contributed by atoms with Crippen molar-refractivity contribution in [1.82, 2.24) is 9.80 Å². The van der Waals surface area contributed by atoms with Crippen molar-refractivity contribution in [2.75, 3.05) is 33.0 Å². The predicted molar refractivity (Wildman–Crippen MR) is 46.2 cm³/mol. The Morgan fingerprint density at radius 1 is 1.00 bits per heavy atom. The van der Waals surface area contributed by atoms with Gasteiger partial charge in [-0.1, -0.05) is 0 Å². The van der Waals surface area contributed by atoms with Crippen molar-refractivity contribution in [3.63, 3.8) is 0 Å². The van der Waals surface area contributed by atoms with Crippen LogP contribution >= 0.6 is 0 Å². The molecule has 4 heteroatoms. The lowest BCUT2D eigenvalue weighted by molar-refractivity contribution is 0.196. The second-order valence-corrected chi connectivity index (χ2v) is 2.87. The van der Waals surface area contributed by atoms with Gasteiger partial charge in [-0.2, -0.15) is 0 Å². The maximum Gasteiger partial charge on any atom is 0.0894 e. The fourth-order valence-electron chi connectivity index (χ4n) is 1.21. The van der Waals surface area contributed by atoms with Gasteiger partial charge in [0, 0.05) is 32.1 Å². The fraction of sp³-hybridized carbons (Fsp3) is 0.750. The van der Waals surface area contributed by atoms with Gasteiger partial charge in [0.05, 0.1) is 13.3 Å². The number of nitrogens with zero attached hydrogens (tertiary/aromatic N) is 2. The number of aliphatic hydroxyl groups is 2. The maximum absolute atomic E-state index is 8.65. The van der Waals surface area contributed by atoms with E-state index in [1.165, 1.54) is 0 Å². The topological polar surface area (TPSA) is 46.9 Å². The molecular formula is C8H16N2O2. The Kier molecular flexibility index (Phi) is 3.90. The van der Waals surface area contributed by atoms with E-state index in [0.717, 1.165) is 19.6 Å². The lowest BCUT2D eigenvalue weighted by Crippen LogP contribution is -2.28. The molecule has 0 fully saturated rings. The minimum Gasteiger partial charge on any atom is -0.396 e. The molecule has 1 aliphatic heterocycles. The van der Waals surface area contributed by atoms with Crippen LogP contribution in [0.4, 0.5) is 0 Å². The Bertz CT molecular complexity index is 150. The van der Waals surface area contributed by atoms with Crippen LogP contribution in [0.2, 0.25) is 0 Å². The zero-order valence-corrected chi connectivity index (χ0v) is 7.19. The van der Waals surface area contributed by atoms with E-state index in [0.29, 0.717) is 6.54 Å². The molecule has 0 spiro atoms. The number of rotatable bonds is 5. The van der Waals surface area contributed by atoms with E-state index in [2.05, 4.69) is 4.90 Å². The van der Waals surface area contributed by atoms with Crippen molar-refractivity contribution in [1.29, 1.82) is 0 Å². The SMILES string of the molecule is OCCCN1C=CN(CCO)C1. The minimum absolute atomic E-state index is 0.193. The van der Waals surface area contributed by atoms with Crippen LogP contribution in [0.5, 0.6) is 0 Å². The summed E-state index contributed by atoms with van der Waals surface area (Å²) < 4.78 is 0. The molecule has 1 rings (SSSR count). The van der Waals surface area contributed by atoms with Gasteiger partial charge >= 0.3 is 0 Å². The van der Waals surface area contributed by atoms with Gasteiger partial charge in [-0.05, 0) is 6.42 Å². The van der Waals surface area contributed by atoms with Crippen molar-refractivity contribution in [2.45, 2.75) is 6.42 Å². The summed E-state index contributed by atoms with van der Waals surface area (Å²) in [5.41, 5.74) is 0. The molecule has 0 aliphatic carbocycles. The normalized spacial score (nSPS) is 16.2. The third-order valence-corrected chi connectivity index (χ3v) is 1.84. The Balaban J connectivity index is 2.14. The van der Waals surface area contributed by atoms with Gasteiger partial charge in [0.1, 0.15) is 0 Å². The third-order valence-electron chi connectivity index (χ3n) is 1.84. The molecule has 4 nitrogen and oxygen atoms in total. The van der Waals surface area contributed by atoms with Crippen LogP contribution in [0.3, 0.4) is 0 Å². The molecule has 0 saturated carbocycles. The van der Waals surface area contributed by atoms with Crippen molar-refractivity contribution in [2.24, 2.45) is 0 Å². The summed E-state index contributed by atoms with van der Waals surface area (Å²) in [4.78, 5) is 4.16. The van der Waals surface area contributed by atoms with Crippen molar-refractivity contribution >= 4 is 0 Å². The first-order chi connectivity index (χ1) is 5.86. The molecule has 0 amide bonds. The first-order valence-corrected chi connectivity index (χ1v) is 4.25. The van der Waals surface area contributed by atoms with Crippen LogP contribution in [0.15, 0.2) is 12.4 Å². The quantitative estimate of drug-likeness (QED) is 0.582. The zero-order chi connectivity index (χ0) is 8.81. The highest BCUT2D eigenvalue weighted by atomic mass is 16.3. The van der Waals surface area contributed by atoms with Crippen LogP contribution in [0, 0.1) is 0 Å². The lowest BCUT2D eigenvalue weighted by Gasteiger charge is -2.19. The minimum atomic E-state index is 0.193. The number of hydrogen-bond acceptors (Lipinski definition) is 4. The molecule has 0 aromatic carbocycles. The number of β-amino-alcohol motifs (C(OH)–C–C–N with tert-alkyl or cyclic N) is 1. The smallest absolute Gasteiger partial charge is 0.0894 e. The Morgan fingerprint density at radius 2 is 1.67 bits per heavy atom. The molecule has 0 saturated heterocycles. The average Bonchev–Trinajstić information content (AvgIpc) is 2.50. The lowest BCUT2D eigenvalue weighted by atomic mass is 10.4. The summed E-state index contributed by atoms with van der Waals surface area (Å²) in [6, 6.07) is 0. The highest BCUT2D eigenvalue weighted by molar-refractivity contribution is 4.90. The molecule has 0 aromatic heterocycles. The van der Waals surface area contributed by atoms with Gasteiger partial charge in [-0.15, -0.1) is 0 Å². The molecule has 1 aliphatic rings. The molecule has 12 heavy (non-hydrogen) atoms. The first kappa shape index (κ1) is 9.35. The highest BCUT2D eigenvalue weighted by Crippen LogP contribution is 2.05. The van der Waals surface area contributed by atoms with E-state index in [1.807, 2.05) is 17.3 Å². The second kappa shape index (κ2) is 5.00. The zero-order valence-electron chi connectivity index (χ0n) is 7.19. The molecule has 1 heterocycles. The van der Waals surface area contributed by atoms with E-state index in [9.17, 15) is 0 Å². The van der Waals surface area contributed by atoms with Crippen LogP contribution in [-0.4, -0.2) is 53.0 Å².